The minimum atomic E-state index is -1.36. The van der Waals surface area contributed by atoms with Crippen molar-refractivity contribution in [3.8, 4) is 11.1 Å². The predicted octanol–water partition coefficient (Wildman–Crippen LogP) is 0.249. The van der Waals surface area contributed by atoms with Crippen LogP contribution in [0.15, 0.2) is 41.9 Å². The Labute approximate surface area is 205 Å². The van der Waals surface area contributed by atoms with Crippen molar-refractivity contribution >= 4 is 33.6 Å². The van der Waals surface area contributed by atoms with Gasteiger partial charge in [0.05, 0.1) is 27.9 Å². The van der Waals surface area contributed by atoms with E-state index in [1.807, 2.05) is 6.08 Å². The van der Waals surface area contributed by atoms with Crippen LogP contribution in [-0.4, -0.2) is 33.4 Å². The zero-order chi connectivity index (χ0) is 21.3. The molecule has 3 aromatic rings. The molecule has 2 N–H and O–H groups in total. The zero-order valence-electron chi connectivity index (χ0n) is 17.1. The van der Waals surface area contributed by atoms with Gasteiger partial charge >= 0.3 is 29.6 Å². The molecule has 0 radical (unpaired) electrons. The molecule has 1 aliphatic carbocycles. The monoisotopic (exact) mass is 449 g/mol. The molecule has 0 unspecified atom stereocenters. The molecule has 0 amide bonds. The summed E-state index contributed by atoms with van der Waals surface area (Å²) in [5, 5.41) is 30.7. The van der Waals surface area contributed by atoms with Crippen LogP contribution in [0.3, 0.4) is 0 Å². The molecule has 0 bridgehead atoms. The number of carboxylic acid groups (broad SMARTS) is 1. The Hall–Kier alpha value is -1.61. The number of carboxylic acids is 1. The van der Waals surface area contributed by atoms with E-state index in [0.29, 0.717) is 5.92 Å². The van der Waals surface area contributed by atoms with Crippen LogP contribution in [0.5, 0.6) is 0 Å². The molecule has 4 rings (SSSR count). The number of aliphatic hydroxyl groups excluding tert-OH is 2. The Kier molecular flexibility index (Phi) is 8.02. The first-order valence-electron chi connectivity index (χ1n) is 9.82. The number of hydrogen-bond donors (Lipinski definition) is 2. The van der Waals surface area contributed by atoms with E-state index in [4.69, 9.17) is 0 Å². The van der Waals surface area contributed by atoms with Gasteiger partial charge in [0.2, 0.25) is 0 Å². The summed E-state index contributed by atoms with van der Waals surface area (Å²) in [5.74, 6) is -1.26. The summed E-state index contributed by atoms with van der Waals surface area (Å²) in [4.78, 5) is 15.1. The second-order valence-corrected chi connectivity index (χ2v) is 8.48. The fourth-order valence-corrected chi connectivity index (χ4v) is 4.54. The van der Waals surface area contributed by atoms with Crippen molar-refractivity contribution in [2.75, 3.05) is 0 Å². The van der Waals surface area contributed by atoms with Crippen molar-refractivity contribution in [2.45, 2.75) is 43.8 Å². The summed E-state index contributed by atoms with van der Waals surface area (Å²) in [6.45, 7) is 0. The van der Waals surface area contributed by atoms with Gasteiger partial charge in [-0.05, 0) is 53.6 Å². The topological polar surface area (TPSA) is 93.5 Å². The summed E-state index contributed by atoms with van der Waals surface area (Å²) >= 11 is 1.51. The maximum Gasteiger partial charge on any atom is 1.00 e. The molecule has 1 heterocycles. The van der Waals surface area contributed by atoms with Gasteiger partial charge in [0.25, 0.3) is 0 Å². The average molecular weight is 449 g/mol. The number of halogens is 1. The summed E-state index contributed by atoms with van der Waals surface area (Å²) in [6.07, 6.45) is 2.73. The van der Waals surface area contributed by atoms with Gasteiger partial charge in [-0.3, -0.25) is 0 Å². The van der Waals surface area contributed by atoms with Gasteiger partial charge in [-0.15, -0.1) is 11.3 Å². The first kappa shape index (κ1) is 24.0. The van der Waals surface area contributed by atoms with Crippen LogP contribution in [-0.2, 0) is 4.79 Å². The number of aromatic nitrogens is 1. The number of hydrogen-bond acceptors (Lipinski definition) is 6. The van der Waals surface area contributed by atoms with Gasteiger partial charge in [0, 0.05) is 24.4 Å². The number of thiazole rings is 1. The van der Waals surface area contributed by atoms with Gasteiger partial charge in [-0.25, -0.2) is 9.37 Å². The second-order valence-electron chi connectivity index (χ2n) is 7.63. The quantitative estimate of drug-likeness (QED) is 0.481. The van der Waals surface area contributed by atoms with Crippen molar-refractivity contribution in [1.29, 1.82) is 0 Å². The zero-order valence-corrected chi connectivity index (χ0v) is 19.9. The van der Waals surface area contributed by atoms with E-state index in [0.717, 1.165) is 45.3 Å². The van der Waals surface area contributed by atoms with Gasteiger partial charge in [-0.1, -0.05) is 24.3 Å². The van der Waals surface area contributed by atoms with Crippen LogP contribution in [0.1, 0.15) is 42.7 Å². The molecule has 1 aromatic heterocycles. The molecule has 5 nitrogen and oxygen atoms in total. The number of aliphatic hydroxyl groups is 2. The molecule has 2 aromatic carbocycles. The number of fused-ring (bicyclic) bond motifs is 1. The smallest absolute Gasteiger partial charge is 0.550 e. The van der Waals surface area contributed by atoms with Crippen molar-refractivity contribution in [3.05, 3.63) is 58.9 Å². The van der Waals surface area contributed by atoms with Crippen molar-refractivity contribution < 1.29 is 54.1 Å². The molecule has 0 aliphatic heterocycles. The predicted molar refractivity (Wildman–Crippen MR) is 112 cm³/mol. The van der Waals surface area contributed by atoms with Crippen molar-refractivity contribution in [3.63, 3.8) is 0 Å². The Morgan fingerprint density at radius 3 is 2.65 bits per heavy atom. The third-order valence-corrected chi connectivity index (χ3v) is 6.11. The number of aliphatic carboxylic acids is 1. The van der Waals surface area contributed by atoms with Gasteiger partial charge in [0.1, 0.15) is 5.82 Å². The second kappa shape index (κ2) is 10.3. The summed E-state index contributed by atoms with van der Waals surface area (Å²) in [7, 11) is 0. The molecule has 1 aliphatic rings. The molecule has 8 heteroatoms. The molecule has 1 fully saturated rings. The van der Waals surface area contributed by atoms with Gasteiger partial charge < -0.3 is 20.1 Å². The van der Waals surface area contributed by atoms with Crippen LogP contribution >= 0.6 is 11.3 Å². The standard InChI is InChI=1S/C23H22FNO4S.Na/c24-15-5-3-14(4-6-15)22-18(8-7-16(26)9-17(27)10-21(28)29)19(13-1-2-13)11-20-23(22)30-12-25-20;/h3-8,11-13,16-17,26-27H,1-2,9-10H2,(H,28,29);/q;+1/p-1/b8-7+;/t16-,17-;/m1./s1. The fourth-order valence-electron chi connectivity index (χ4n) is 3.69. The van der Waals surface area contributed by atoms with E-state index in [9.17, 15) is 24.5 Å². The van der Waals surface area contributed by atoms with Crippen molar-refractivity contribution in [1.82, 2.24) is 4.98 Å². The SMILES string of the molecule is O=C([O-])C[C@H](O)C[C@H](O)/C=C/c1c(C2CC2)cc2ncsc2c1-c1ccc(F)cc1.[Na+]. The minimum Gasteiger partial charge on any atom is -0.550 e. The fraction of sp³-hybridized carbons (Fsp3) is 0.304. The Morgan fingerprint density at radius 2 is 2.00 bits per heavy atom. The number of carbonyl (C=O) groups is 1. The molecule has 0 spiro atoms. The first-order chi connectivity index (χ1) is 14.4. The van der Waals surface area contributed by atoms with Gasteiger partial charge in [-0.2, -0.15) is 0 Å². The first-order valence-corrected chi connectivity index (χ1v) is 10.7. The van der Waals surface area contributed by atoms with E-state index in [1.54, 1.807) is 23.7 Å². The van der Waals surface area contributed by atoms with Crippen molar-refractivity contribution in [2.24, 2.45) is 0 Å². The van der Waals surface area contributed by atoms with Crippen LogP contribution in [0, 0.1) is 5.82 Å². The molecule has 0 saturated heterocycles. The number of carbonyl (C=O) groups excluding carboxylic acids is 1. The third kappa shape index (κ3) is 5.80. The Balaban J connectivity index is 0.00000272. The molecule has 156 valence electrons. The van der Waals surface area contributed by atoms with E-state index in [-0.39, 0.29) is 41.8 Å². The molecule has 31 heavy (non-hydrogen) atoms. The normalized spacial score (nSPS) is 15.7. The van der Waals surface area contributed by atoms with Crippen LogP contribution < -0.4 is 34.7 Å². The maximum atomic E-state index is 13.5. The van der Waals surface area contributed by atoms with Crippen LogP contribution in [0.25, 0.3) is 27.4 Å². The van der Waals surface area contributed by atoms with E-state index in [2.05, 4.69) is 11.1 Å². The van der Waals surface area contributed by atoms with E-state index in [1.165, 1.54) is 23.5 Å². The molecule has 1 saturated carbocycles. The Morgan fingerprint density at radius 1 is 1.29 bits per heavy atom. The third-order valence-electron chi connectivity index (χ3n) is 5.25. The average Bonchev–Trinajstić information content (AvgIpc) is 3.43. The Bertz CT molecular complexity index is 1090. The van der Waals surface area contributed by atoms with Crippen LogP contribution in [0.2, 0.25) is 0 Å². The largest absolute Gasteiger partial charge is 1.00 e. The van der Waals surface area contributed by atoms with E-state index >= 15 is 0 Å². The number of rotatable bonds is 8. The molecule has 2 atom stereocenters. The summed E-state index contributed by atoms with van der Waals surface area (Å²) < 4.78 is 14.5. The minimum absolute atomic E-state index is 0. The number of benzene rings is 2. The summed E-state index contributed by atoms with van der Waals surface area (Å²) in [5.41, 5.74) is 6.55. The van der Waals surface area contributed by atoms with E-state index < -0.39 is 24.6 Å². The summed E-state index contributed by atoms with van der Waals surface area (Å²) in [6, 6.07) is 8.39. The van der Waals surface area contributed by atoms with Crippen LogP contribution in [0.4, 0.5) is 4.39 Å². The number of nitrogens with zero attached hydrogens (tertiary/aromatic N) is 1. The van der Waals surface area contributed by atoms with Gasteiger partial charge in [0.15, 0.2) is 0 Å². The molecular weight excluding hydrogens is 428 g/mol. The molecular formula is C23H21FNNaO4S. The maximum absolute atomic E-state index is 13.5.